The van der Waals surface area contributed by atoms with Crippen LogP contribution in [0, 0.1) is 0 Å². The van der Waals surface area contributed by atoms with E-state index in [2.05, 4.69) is 15.2 Å². The molecule has 2 rings (SSSR count). The van der Waals surface area contributed by atoms with E-state index in [-0.39, 0.29) is 24.0 Å². The normalized spacial score (nSPS) is 15.2. The van der Waals surface area contributed by atoms with E-state index in [1.54, 1.807) is 14.2 Å². The summed E-state index contributed by atoms with van der Waals surface area (Å²) in [6.07, 6.45) is 1.79. The molecule has 0 atom stereocenters. The van der Waals surface area contributed by atoms with E-state index in [1.165, 1.54) is 0 Å². The van der Waals surface area contributed by atoms with Crippen molar-refractivity contribution < 1.29 is 14.2 Å². The first-order valence-corrected chi connectivity index (χ1v) is 8.77. The van der Waals surface area contributed by atoms with Crippen molar-refractivity contribution in [1.82, 2.24) is 10.2 Å². The molecular formula is C18H31IN4O3. The van der Waals surface area contributed by atoms with Gasteiger partial charge in [-0.25, -0.2) is 0 Å². The van der Waals surface area contributed by atoms with Gasteiger partial charge in [-0.3, -0.25) is 9.89 Å². The van der Waals surface area contributed by atoms with Gasteiger partial charge in [0, 0.05) is 32.7 Å². The molecule has 148 valence electrons. The molecule has 1 fully saturated rings. The van der Waals surface area contributed by atoms with E-state index in [1.807, 2.05) is 18.2 Å². The zero-order chi connectivity index (χ0) is 17.9. The highest BCUT2D eigenvalue weighted by atomic mass is 127. The number of methoxy groups -OCH3 is 2. The lowest BCUT2D eigenvalue weighted by atomic mass is 10.1. The number of halogens is 1. The fraction of sp³-hybridized carbons (Fsp3) is 0.611. The molecule has 1 saturated heterocycles. The second kappa shape index (κ2) is 13.0. The SMILES string of the molecule is COc1ccc(OC)c(CCNC(N)=NCCCN2CCOCC2)c1.I. The first-order chi connectivity index (χ1) is 12.2. The highest BCUT2D eigenvalue weighted by Crippen LogP contribution is 2.24. The lowest BCUT2D eigenvalue weighted by Gasteiger charge is -2.26. The van der Waals surface area contributed by atoms with Crippen molar-refractivity contribution in [3.63, 3.8) is 0 Å². The Labute approximate surface area is 173 Å². The highest BCUT2D eigenvalue weighted by Gasteiger charge is 2.09. The molecule has 1 aromatic rings. The number of guanidine groups is 1. The molecule has 0 radical (unpaired) electrons. The van der Waals surface area contributed by atoms with Crippen molar-refractivity contribution in [3.05, 3.63) is 23.8 Å². The van der Waals surface area contributed by atoms with Gasteiger partial charge >= 0.3 is 0 Å². The molecule has 0 aliphatic carbocycles. The van der Waals surface area contributed by atoms with E-state index in [0.717, 1.165) is 69.3 Å². The van der Waals surface area contributed by atoms with Crippen molar-refractivity contribution in [2.24, 2.45) is 10.7 Å². The molecular weight excluding hydrogens is 447 g/mol. The van der Waals surface area contributed by atoms with Gasteiger partial charge in [0.25, 0.3) is 0 Å². The van der Waals surface area contributed by atoms with Crippen molar-refractivity contribution >= 4 is 29.9 Å². The zero-order valence-electron chi connectivity index (χ0n) is 15.7. The van der Waals surface area contributed by atoms with Gasteiger partial charge in [-0.15, -0.1) is 24.0 Å². The summed E-state index contributed by atoms with van der Waals surface area (Å²) in [6.45, 7) is 6.17. The highest BCUT2D eigenvalue weighted by molar-refractivity contribution is 14.0. The van der Waals surface area contributed by atoms with Gasteiger partial charge in [-0.05, 0) is 36.6 Å². The number of hydrogen-bond donors (Lipinski definition) is 2. The average molecular weight is 478 g/mol. The van der Waals surface area contributed by atoms with Crippen molar-refractivity contribution in [3.8, 4) is 11.5 Å². The molecule has 0 aromatic heterocycles. The minimum absolute atomic E-state index is 0. The Bertz CT molecular complexity index is 551. The number of benzene rings is 1. The number of morpholine rings is 1. The summed E-state index contributed by atoms with van der Waals surface area (Å²) in [7, 11) is 3.33. The van der Waals surface area contributed by atoms with Crippen LogP contribution in [0.2, 0.25) is 0 Å². The van der Waals surface area contributed by atoms with Gasteiger partial charge in [0.1, 0.15) is 11.5 Å². The Morgan fingerprint density at radius 2 is 2.04 bits per heavy atom. The molecule has 1 aliphatic heterocycles. The van der Waals surface area contributed by atoms with Gasteiger partial charge in [0.15, 0.2) is 5.96 Å². The second-order valence-corrected chi connectivity index (χ2v) is 5.93. The quantitative estimate of drug-likeness (QED) is 0.242. The van der Waals surface area contributed by atoms with E-state index in [4.69, 9.17) is 19.9 Å². The Hall–Kier alpha value is -1.26. The predicted octanol–water partition coefficient (Wildman–Crippen LogP) is 1.49. The maximum absolute atomic E-state index is 5.93. The maximum Gasteiger partial charge on any atom is 0.188 e. The van der Waals surface area contributed by atoms with Crippen LogP contribution < -0.4 is 20.5 Å². The minimum Gasteiger partial charge on any atom is -0.497 e. The van der Waals surface area contributed by atoms with Gasteiger partial charge in [0.2, 0.25) is 0 Å². The number of nitrogens with one attached hydrogen (secondary N) is 1. The summed E-state index contributed by atoms with van der Waals surface area (Å²) in [5.74, 6) is 2.16. The first kappa shape index (κ1) is 22.8. The molecule has 0 amide bonds. The van der Waals surface area contributed by atoms with Gasteiger partial charge < -0.3 is 25.3 Å². The van der Waals surface area contributed by atoms with Crippen LogP contribution in [-0.4, -0.2) is 71.0 Å². The molecule has 3 N–H and O–H groups in total. The van der Waals surface area contributed by atoms with Crippen LogP contribution in [-0.2, 0) is 11.2 Å². The number of nitrogens with zero attached hydrogens (tertiary/aromatic N) is 2. The lowest BCUT2D eigenvalue weighted by Crippen LogP contribution is -2.37. The van der Waals surface area contributed by atoms with Crippen LogP contribution in [0.5, 0.6) is 11.5 Å². The average Bonchev–Trinajstić information content (AvgIpc) is 2.66. The fourth-order valence-corrected chi connectivity index (χ4v) is 2.78. The van der Waals surface area contributed by atoms with E-state index < -0.39 is 0 Å². The summed E-state index contributed by atoms with van der Waals surface area (Å²) in [6, 6.07) is 5.79. The topological polar surface area (TPSA) is 81.3 Å². The molecule has 26 heavy (non-hydrogen) atoms. The summed E-state index contributed by atoms with van der Waals surface area (Å²) < 4.78 is 16.0. The number of hydrogen-bond acceptors (Lipinski definition) is 5. The number of ether oxygens (including phenoxy) is 3. The smallest absolute Gasteiger partial charge is 0.188 e. The van der Waals surface area contributed by atoms with E-state index in [0.29, 0.717) is 12.5 Å². The van der Waals surface area contributed by atoms with Crippen molar-refractivity contribution in [2.75, 3.05) is 60.2 Å². The Morgan fingerprint density at radius 3 is 2.73 bits per heavy atom. The molecule has 0 spiro atoms. The minimum atomic E-state index is 0. The predicted molar refractivity (Wildman–Crippen MR) is 115 cm³/mol. The molecule has 0 saturated carbocycles. The Balaban J connectivity index is 0.00000338. The fourth-order valence-electron chi connectivity index (χ4n) is 2.78. The molecule has 1 aliphatic rings. The van der Waals surface area contributed by atoms with Crippen LogP contribution in [0.25, 0.3) is 0 Å². The Kier molecular flexibility index (Phi) is 11.4. The summed E-state index contributed by atoms with van der Waals surface area (Å²) >= 11 is 0. The lowest BCUT2D eigenvalue weighted by molar-refractivity contribution is 0.0377. The van der Waals surface area contributed by atoms with Gasteiger partial charge in [-0.2, -0.15) is 0 Å². The van der Waals surface area contributed by atoms with E-state index in [9.17, 15) is 0 Å². The van der Waals surface area contributed by atoms with Crippen LogP contribution >= 0.6 is 24.0 Å². The van der Waals surface area contributed by atoms with Crippen LogP contribution in [0.4, 0.5) is 0 Å². The molecule has 1 aromatic carbocycles. The third-order valence-corrected chi connectivity index (χ3v) is 4.21. The number of rotatable bonds is 9. The standard InChI is InChI=1S/C18H30N4O3.HI/c1-23-16-4-5-17(24-2)15(14-16)6-8-21-18(19)20-7-3-9-22-10-12-25-13-11-22;/h4-5,14H,3,6-13H2,1-2H3,(H3,19,20,21);1H. The maximum atomic E-state index is 5.93. The molecule has 0 unspecified atom stereocenters. The zero-order valence-corrected chi connectivity index (χ0v) is 18.0. The van der Waals surface area contributed by atoms with Crippen LogP contribution in [0.1, 0.15) is 12.0 Å². The van der Waals surface area contributed by atoms with Crippen molar-refractivity contribution in [2.45, 2.75) is 12.8 Å². The van der Waals surface area contributed by atoms with E-state index >= 15 is 0 Å². The first-order valence-electron chi connectivity index (χ1n) is 8.77. The summed E-state index contributed by atoms with van der Waals surface area (Å²) in [5.41, 5.74) is 7.01. The molecule has 7 nitrogen and oxygen atoms in total. The third-order valence-electron chi connectivity index (χ3n) is 4.21. The largest absolute Gasteiger partial charge is 0.497 e. The monoisotopic (exact) mass is 478 g/mol. The molecule has 0 bridgehead atoms. The van der Waals surface area contributed by atoms with Crippen LogP contribution in [0.15, 0.2) is 23.2 Å². The van der Waals surface area contributed by atoms with Gasteiger partial charge in [-0.1, -0.05) is 0 Å². The second-order valence-electron chi connectivity index (χ2n) is 5.93. The van der Waals surface area contributed by atoms with Crippen LogP contribution in [0.3, 0.4) is 0 Å². The van der Waals surface area contributed by atoms with Gasteiger partial charge in [0.05, 0.1) is 27.4 Å². The Morgan fingerprint density at radius 1 is 1.27 bits per heavy atom. The molecule has 1 heterocycles. The third kappa shape index (κ3) is 7.96. The summed E-state index contributed by atoms with van der Waals surface area (Å²) in [5, 5.41) is 3.16. The number of nitrogens with two attached hydrogens (primary N) is 1. The molecule has 8 heteroatoms. The van der Waals surface area contributed by atoms with Crippen molar-refractivity contribution in [1.29, 1.82) is 0 Å². The summed E-state index contributed by atoms with van der Waals surface area (Å²) in [4.78, 5) is 6.79. The number of aliphatic imine (C=N–C) groups is 1.